The lowest BCUT2D eigenvalue weighted by molar-refractivity contribution is 0.186. The first-order valence-electron chi connectivity index (χ1n) is 6.09. The first-order valence-corrected chi connectivity index (χ1v) is 8.79. The molecule has 0 aliphatic carbocycles. The van der Waals surface area contributed by atoms with E-state index in [-0.39, 0.29) is 23.6 Å². The SMILES string of the molecule is CC(Cc1cccs1)N(C)C1CS(=O)(=O)CC1N. The number of rotatable bonds is 4. The average molecular weight is 288 g/mol. The number of nitrogens with two attached hydrogens (primary N) is 1. The van der Waals surface area contributed by atoms with E-state index in [9.17, 15) is 8.42 Å². The van der Waals surface area contributed by atoms with Gasteiger partial charge in [-0.15, -0.1) is 11.3 Å². The summed E-state index contributed by atoms with van der Waals surface area (Å²) in [5, 5.41) is 2.06. The van der Waals surface area contributed by atoms with Gasteiger partial charge >= 0.3 is 0 Å². The van der Waals surface area contributed by atoms with E-state index in [4.69, 9.17) is 5.73 Å². The zero-order valence-electron chi connectivity index (χ0n) is 10.7. The molecule has 4 nitrogen and oxygen atoms in total. The Morgan fingerprint density at radius 1 is 1.56 bits per heavy atom. The van der Waals surface area contributed by atoms with E-state index in [1.54, 1.807) is 11.3 Å². The van der Waals surface area contributed by atoms with E-state index < -0.39 is 9.84 Å². The fourth-order valence-electron chi connectivity index (χ4n) is 2.47. The Morgan fingerprint density at radius 3 is 2.78 bits per heavy atom. The molecule has 1 aliphatic rings. The minimum absolute atomic E-state index is 0.0510. The van der Waals surface area contributed by atoms with Crippen LogP contribution >= 0.6 is 11.3 Å². The molecule has 0 spiro atoms. The highest BCUT2D eigenvalue weighted by Gasteiger charge is 2.38. The molecule has 2 rings (SSSR count). The van der Waals surface area contributed by atoms with Crippen LogP contribution in [0.3, 0.4) is 0 Å². The summed E-state index contributed by atoms with van der Waals surface area (Å²) >= 11 is 1.74. The van der Waals surface area contributed by atoms with Gasteiger partial charge in [-0.2, -0.15) is 0 Å². The van der Waals surface area contributed by atoms with Gasteiger partial charge in [-0.1, -0.05) is 6.07 Å². The standard InChI is InChI=1S/C12H20N2O2S2/c1-9(6-10-4-3-5-17-10)14(2)12-8-18(15,16)7-11(12)13/h3-5,9,11-12H,6-8,13H2,1-2H3. The van der Waals surface area contributed by atoms with Crippen LogP contribution in [0.5, 0.6) is 0 Å². The van der Waals surface area contributed by atoms with E-state index in [0.717, 1.165) is 6.42 Å². The Morgan fingerprint density at radius 2 is 2.28 bits per heavy atom. The van der Waals surface area contributed by atoms with Gasteiger partial charge in [0.15, 0.2) is 9.84 Å². The minimum atomic E-state index is -2.95. The second-order valence-corrected chi connectivity index (χ2v) is 8.29. The second-order valence-electron chi connectivity index (χ2n) is 5.11. The molecule has 6 heteroatoms. The van der Waals surface area contributed by atoms with E-state index in [1.165, 1.54) is 4.88 Å². The molecule has 1 fully saturated rings. The van der Waals surface area contributed by atoms with Crippen molar-refractivity contribution in [2.45, 2.75) is 31.5 Å². The summed E-state index contributed by atoms with van der Waals surface area (Å²) in [5.74, 6) is 0.313. The van der Waals surface area contributed by atoms with Gasteiger partial charge in [0.25, 0.3) is 0 Å². The van der Waals surface area contributed by atoms with Gasteiger partial charge in [0.05, 0.1) is 11.5 Å². The second kappa shape index (κ2) is 5.28. The third-order valence-corrected chi connectivity index (χ3v) is 6.30. The Labute approximate surface area is 113 Å². The van der Waals surface area contributed by atoms with Crippen molar-refractivity contribution >= 4 is 21.2 Å². The van der Waals surface area contributed by atoms with Crippen LogP contribution < -0.4 is 5.73 Å². The van der Waals surface area contributed by atoms with Crippen molar-refractivity contribution in [3.05, 3.63) is 22.4 Å². The van der Waals surface area contributed by atoms with Crippen LogP contribution in [0.2, 0.25) is 0 Å². The first kappa shape index (κ1) is 14.0. The average Bonchev–Trinajstić information content (AvgIpc) is 2.85. The Kier molecular flexibility index (Phi) is 4.11. The first-order chi connectivity index (χ1) is 8.39. The van der Waals surface area contributed by atoms with Crippen molar-refractivity contribution in [2.75, 3.05) is 18.6 Å². The van der Waals surface area contributed by atoms with Crippen LogP contribution in [-0.2, 0) is 16.3 Å². The molecule has 102 valence electrons. The van der Waals surface area contributed by atoms with E-state index >= 15 is 0 Å². The van der Waals surface area contributed by atoms with Crippen LogP contribution in [0.4, 0.5) is 0 Å². The molecular weight excluding hydrogens is 268 g/mol. The molecule has 3 unspecified atom stereocenters. The van der Waals surface area contributed by atoms with Gasteiger partial charge in [-0.3, -0.25) is 4.90 Å². The third-order valence-electron chi connectivity index (χ3n) is 3.66. The molecule has 0 saturated carbocycles. The van der Waals surface area contributed by atoms with Crippen molar-refractivity contribution in [1.82, 2.24) is 4.90 Å². The fraction of sp³-hybridized carbons (Fsp3) is 0.667. The van der Waals surface area contributed by atoms with Crippen LogP contribution in [0.25, 0.3) is 0 Å². The molecular formula is C12H20N2O2S2. The minimum Gasteiger partial charge on any atom is -0.325 e. The quantitative estimate of drug-likeness (QED) is 0.887. The lowest BCUT2D eigenvalue weighted by Gasteiger charge is -2.32. The smallest absolute Gasteiger partial charge is 0.153 e. The Balaban J connectivity index is 2.00. The zero-order chi connectivity index (χ0) is 13.3. The van der Waals surface area contributed by atoms with Crippen molar-refractivity contribution < 1.29 is 8.42 Å². The predicted octanol–water partition coefficient (Wildman–Crippen LogP) is 0.735. The predicted molar refractivity (Wildman–Crippen MR) is 75.7 cm³/mol. The van der Waals surface area contributed by atoms with Gasteiger partial charge in [-0.25, -0.2) is 8.42 Å². The van der Waals surface area contributed by atoms with Crippen molar-refractivity contribution in [2.24, 2.45) is 5.73 Å². The molecule has 0 radical (unpaired) electrons. The number of likely N-dealkylation sites (N-methyl/N-ethyl adjacent to an activating group) is 1. The van der Waals surface area contributed by atoms with Crippen molar-refractivity contribution in [3.8, 4) is 0 Å². The van der Waals surface area contributed by atoms with Crippen LogP contribution in [0, 0.1) is 0 Å². The molecule has 18 heavy (non-hydrogen) atoms. The number of hydrogen-bond acceptors (Lipinski definition) is 5. The summed E-state index contributed by atoms with van der Waals surface area (Å²) in [6.45, 7) is 2.12. The lowest BCUT2D eigenvalue weighted by Crippen LogP contribution is -2.49. The van der Waals surface area contributed by atoms with Gasteiger partial charge in [-0.05, 0) is 31.8 Å². The van der Waals surface area contributed by atoms with Crippen LogP contribution in [0.1, 0.15) is 11.8 Å². The summed E-state index contributed by atoms with van der Waals surface area (Å²) < 4.78 is 23.2. The number of hydrogen-bond donors (Lipinski definition) is 1. The zero-order valence-corrected chi connectivity index (χ0v) is 12.4. The monoisotopic (exact) mass is 288 g/mol. The maximum absolute atomic E-state index is 11.6. The molecule has 1 aromatic rings. The highest BCUT2D eigenvalue weighted by molar-refractivity contribution is 7.91. The molecule has 1 saturated heterocycles. The largest absolute Gasteiger partial charge is 0.325 e. The van der Waals surface area contributed by atoms with Gasteiger partial charge in [0, 0.05) is 23.0 Å². The number of sulfone groups is 1. The van der Waals surface area contributed by atoms with E-state index in [2.05, 4.69) is 23.3 Å². The lowest BCUT2D eigenvalue weighted by atomic mass is 10.1. The summed E-state index contributed by atoms with van der Waals surface area (Å²) in [7, 11) is -0.973. The molecule has 1 aromatic heterocycles. The van der Waals surface area contributed by atoms with E-state index in [1.807, 2.05) is 13.1 Å². The maximum Gasteiger partial charge on any atom is 0.153 e. The van der Waals surface area contributed by atoms with Crippen molar-refractivity contribution in [1.29, 1.82) is 0 Å². The summed E-state index contributed by atoms with van der Waals surface area (Å²) in [5.41, 5.74) is 5.95. The number of nitrogens with zero attached hydrogens (tertiary/aromatic N) is 1. The molecule has 3 atom stereocenters. The van der Waals surface area contributed by atoms with Crippen molar-refractivity contribution in [3.63, 3.8) is 0 Å². The van der Waals surface area contributed by atoms with Crippen LogP contribution in [-0.4, -0.2) is 50.0 Å². The topological polar surface area (TPSA) is 63.4 Å². The molecule has 2 N–H and O–H groups in total. The van der Waals surface area contributed by atoms with Crippen LogP contribution in [0.15, 0.2) is 17.5 Å². The number of thiophene rings is 1. The molecule has 0 aromatic carbocycles. The molecule has 1 aliphatic heterocycles. The third kappa shape index (κ3) is 3.12. The molecule has 2 heterocycles. The summed E-state index contributed by atoms with van der Waals surface area (Å²) in [6, 6.07) is 4.14. The van der Waals surface area contributed by atoms with Gasteiger partial charge in [0.1, 0.15) is 0 Å². The van der Waals surface area contributed by atoms with E-state index in [0.29, 0.717) is 6.04 Å². The summed E-state index contributed by atoms with van der Waals surface area (Å²) in [6.07, 6.45) is 0.942. The normalized spacial score (nSPS) is 28.7. The van der Waals surface area contributed by atoms with Gasteiger partial charge < -0.3 is 5.73 Å². The molecule has 0 bridgehead atoms. The highest BCUT2D eigenvalue weighted by atomic mass is 32.2. The molecule has 0 amide bonds. The Bertz CT molecular complexity index is 484. The fourth-order valence-corrected chi connectivity index (χ4v) is 5.24. The highest BCUT2D eigenvalue weighted by Crippen LogP contribution is 2.20. The summed E-state index contributed by atoms with van der Waals surface area (Å²) in [4.78, 5) is 3.44. The maximum atomic E-state index is 11.6. The Hall–Kier alpha value is -0.430. The van der Waals surface area contributed by atoms with Gasteiger partial charge in [0.2, 0.25) is 0 Å².